The Bertz CT molecular complexity index is 470. The van der Waals surface area contributed by atoms with Gasteiger partial charge in [-0.1, -0.05) is 24.6 Å². The average molecular weight is 307 g/mol. The maximum Gasteiger partial charge on any atom is 0.256 e. The lowest BCUT2D eigenvalue weighted by atomic mass is 9.94. The molecule has 0 spiro atoms. The fraction of sp³-hybridized carbons (Fsp3) is 0.462. The molecule has 19 heavy (non-hydrogen) atoms. The van der Waals surface area contributed by atoms with Gasteiger partial charge in [0.15, 0.2) is 5.82 Å². The number of likely N-dealkylation sites (tertiary alicyclic amines) is 1. The van der Waals surface area contributed by atoms with E-state index in [4.69, 9.17) is 17.3 Å². The van der Waals surface area contributed by atoms with Gasteiger partial charge in [0.2, 0.25) is 0 Å². The van der Waals surface area contributed by atoms with Crippen LogP contribution in [0.5, 0.6) is 0 Å². The maximum absolute atomic E-state index is 13.8. The van der Waals surface area contributed by atoms with Crippen LogP contribution in [0.2, 0.25) is 5.02 Å². The molecule has 2 rings (SSSR count). The van der Waals surface area contributed by atoms with Crippen LogP contribution in [-0.2, 0) is 0 Å². The molecule has 2 unspecified atom stereocenters. The minimum Gasteiger partial charge on any atom is -0.338 e. The molecule has 1 saturated heterocycles. The van der Waals surface area contributed by atoms with E-state index in [9.17, 15) is 9.18 Å². The number of benzene rings is 1. The van der Waals surface area contributed by atoms with Gasteiger partial charge in [-0.3, -0.25) is 4.79 Å². The van der Waals surface area contributed by atoms with E-state index in [1.165, 1.54) is 12.1 Å². The Balaban J connectivity index is 0.00000180. The molecule has 0 aromatic heterocycles. The first kappa shape index (κ1) is 16.2. The molecule has 0 radical (unpaired) electrons. The number of nitrogens with two attached hydrogens (primary N) is 1. The van der Waals surface area contributed by atoms with Gasteiger partial charge in [-0.2, -0.15) is 0 Å². The van der Waals surface area contributed by atoms with Gasteiger partial charge in [0, 0.05) is 19.1 Å². The number of halogens is 3. The zero-order chi connectivity index (χ0) is 13.3. The molecule has 0 bridgehead atoms. The monoisotopic (exact) mass is 306 g/mol. The highest BCUT2D eigenvalue weighted by Crippen LogP contribution is 2.22. The molecular weight excluding hydrogens is 290 g/mol. The lowest BCUT2D eigenvalue weighted by molar-refractivity contribution is 0.0659. The molecule has 1 aliphatic rings. The van der Waals surface area contributed by atoms with Crippen LogP contribution >= 0.6 is 24.0 Å². The summed E-state index contributed by atoms with van der Waals surface area (Å²) < 4.78 is 13.8. The number of hydrogen-bond acceptors (Lipinski definition) is 2. The fourth-order valence-corrected chi connectivity index (χ4v) is 2.36. The Morgan fingerprint density at radius 1 is 1.53 bits per heavy atom. The quantitative estimate of drug-likeness (QED) is 0.867. The van der Waals surface area contributed by atoms with Crippen molar-refractivity contribution >= 4 is 29.9 Å². The summed E-state index contributed by atoms with van der Waals surface area (Å²) in [5, 5.41) is -0.0254. The summed E-state index contributed by atoms with van der Waals surface area (Å²) in [6, 6.07) is 4.58. The van der Waals surface area contributed by atoms with Crippen LogP contribution in [-0.4, -0.2) is 29.9 Å². The molecule has 2 N–H and O–H groups in total. The van der Waals surface area contributed by atoms with Crippen LogP contribution in [0.4, 0.5) is 4.39 Å². The van der Waals surface area contributed by atoms with Gasteiger partial charge < -0.3 is 10.6 Å². The topological polar surface area (TPSA) is 46.3 Å². The summed E-state index contributed by atoms with van der Waals surface area (Å²) in [7, 11) is 0. The Morgan fingerprint density at radius 2 is 2.21 bits per heavy atom. The largest absolute Gasteiger partial charge is 0.338 e. The number of carbonyl (C=O) groups excluding carboxylic acids is 1. The highest BCUT2D eigenvalue weighted by atomic mass is 35.5. The Kier molecular flexibility index (Phi) is 5.59. The Morgan fingerprint density at radius 3 is 2.84 bits per heavy atom. The van der Waals surface area contributed by atoms with E-state index >= 15 is 0 Å². The summed E-state index contributed by atoms with van der Waals surface area (Å²) in [6.07, 6.45) is 0.745. The minimum absolute atomic E-state index is 0. The van der Waals surface area contributed by atoms with E-state index in [2.05, 4.69) is 0 Å². The Labute approximate surface area is 123 Å². The van der Waals surface area contributed by atoms with Crippen LogP contribution in [0.1, 0.15) is 23.7 Å². The fourth-order valence-electron chi connectivity index (χ4n) is 2.19. The SMILES string of the molecule is CC1CN(C(=O)c2cccc(Cl)c2F)CCC1N.Cl. The summed E-state index contributed by atoms with van der Waals surface area (Å²) in [6.45, 7) is 3.13. The highest BCUT2D eigenvalue weighted by molar-refractivity contribution is 6.31. The van der Waals surface area contributed by atoms with Crippen LogP contribution in [0.25, 0.3) is 0 Å². The first-order valence-corrected chi connectivity index (χ1v) is 6.37. The van der Waals surface area contributed by atoms with Gasteiger partial charge >= 0.3 is 0 Å². The second kappa shape index (κ2) is 6.55. The van der Waals surface area contributed by atoms with Crippen molar-refractivity contribution in [2.24, 2.45) is 11.7 Å². The molecule has 106 valence electrons. The van der Waals surface area contributed by atoms with Crippen molar-refractivity contribution < 1.29 is 9.18 Å². The van der Waals surface area contributed by atoms with Crippen molar-refractivity contribution in [2.75, 3.05) is 13.1 Å². The Hall–Kier alpha value is -0.840. The molecular formula is C13H17Cl2FN2O. The van der Waals surface area contributed by atoms with Crippen molar-refractivity contribution in [3.63, 3.8) is 0 Å². The number of rotatable bonds is 1. The van der Waals surface area contributed by atoms with Crippen molar-refractivity contribution in [3.05, 3.63) is 34.6 Å². The summed E-state index contributed by atoms with van der Waals surface area (Å²) >= 11 is 5.68. The predicted octanol–water partition coefficient (Wildman–Crippen LogP) is 2.71. The van der Waals surface area contributed by atoms with E-state index in [0.717, 1.165) is 6.42 Å². The van der Waals surface area contributed by atoms with Crippen molar-refractivity contribution in [3.8, 4) is 0 Å². The van der Waals surface area contributed by atoms with Gasteiger partial charge in [-0.05, 0) is 24.5 Å². The highest BCUT2D eigenvalue weighted by Gasteiger charge is 2.28. The number of piperidine rings is 1. The molecule has 1 aromatic carbocycles. The zero-order valence-electron chi connectivity index (χ0n) is 10.6. The number of carbonyl (C=O) groups is 1. The average Bonchev–Trinajstić information content (AvgIpc) is 2.35. The molecule has 1 fully saturated rings. The van der Waals surface area contributed by atoms with Gasteiger partial charge in [0.05, 0.1) is 10.6 Å². The molecule has 6 heteroatoms. The second-order valence-electron chi connectivity index (χ2n) is 4.78. The van der Waals surface area contributed by atoms with E-state index < -0.39 is 5.82 Å². The molecule has 2 atom stereocenters. The van der Waals surface area contributed by atoms with Crippen molar-refractivity contribution in [2.45, 2.75) is 19.4 Å². The van der Waals surface area contributed by atoms with E-state index in [-0.39, 0.29) is 40.9 Å². The van der Waals surface area contributed by atoms with Crippen LogP contribution < -0.4 is 5.73 Å². The van der Waals surface area contributed by atoms with Crippen molar-refractivity contribution in [1.29, 1.82) is 0 Å². The smallest absolute Gasteiger partial charge is 0.256 e. The van der Waals surface area contributed by atoms with Crippen molar-refractivity contribution in [1.82, 2.24) is 4.90 Å². The normalized spacial score (nSPS) is 22.8. The third-order valence-corrected chi connectivity index (χ3v) is 3.73. The van der Waals surface area contributed by atoms with Gasteiger partial charge in [-0.15, -0.1) is 12.4 Å². The number of nitrogens with zero attached hydrogens (tertiary/aromatic N) is 1. The van der Waals surface area contributed by atoms with Gasteiger partial charge in [0.25, 0.3) is 5.91 Å². The first-order valence-electron chi connectivity index (χ1n) is 5.99. The first-order chi connectivity index (χ1) is 8.50. The molecule has 3 nitrogen and oxygen atoms in total. The third kappa shape index (κ3) is 3.38. The van der Waals surface area contributed by atoms with Crippen LogP contribution in [0, 0.1) is 11.7 Å². The zero-order valence-corrected chi connectivity index (χ0v) is 12.2. The molecule has 1 aromatic rings. The second-order valence-corrected chi connectivity index (χ2v) is 5.19. The lowest BCUT2D eigenvalue weighted by Gasteiger charge is -2.35. The lowest BCUT2D eigenvalue weighted by Crippen LogP contribution is -2.48. The van der Waals surface area contributed by atoms with E-state index in [0.29, 0.717) is 13.1 Å². The van der Waals surface area contributed by atoms with Crippen LogP contribution in [0.15, 0.2) is 18.2 Å². The molecule has 1 amide bonds. The summed E-state index contributed by atoms with van der Waals surface area (Å²) in [5.41, 5.74) is 5.93. The molecule has 1 heterocycles. The third-order valence-electron chi connectivity index (χ3n) is 3.44. The van der Waals surface area contributed by atoms with E-state index in [1.807, 2.05) is 6.92 Å². The number of hydrogen-bond donors (Lipinski definition) is 1. The standard InChI is InChI=1S/C13H16ClFN2O.ClH/c1-8-7-17(6-5-11(8)16)13(18)9-3-2-4-10(14)12(9)15;/h2-4,8,11H,5-7,16H2,1H3;1H. The number of amides is 1. The molecule has 1 aliphatic heterocycles. The summed E-state index contributed by atoms with van der Waals surface area (Å²) in [5.74, 6) is -0.731. The van der Waals surface area contributed by atoms with Gasteiger partial charge in [-0.25, -0.2) is 4.39 Å². The summed E-state index contributed by atoms with van der Waals surface area (Å²) in [4.78, 5) is 13.9. The maximum atomic E-state index is 13.8. The van der Waals surface area contributed by atoms with Gasteiger partial charge in [0.1, 0.15) is 0 Å². The predicted molar refractivity (Wildman–Crippen MR) is 76.3 cm³/mol. The van der Waals surface area contributed by atoms with Crippen LogP contribution in [0.3, 0.4) is 0 Å². The van der Waals surface area contributed by atoms with E-state index in [1.54, 1.807) is 11.0 Å². The molecule has 0 aliphatic carbocycles. The molecule has 0 saturated carbocycles. The minimum atomic E-state index is -0.647.